The Bertz CT molecular complexity index is 585. The zero-order chi connectivity index (χ0) is 14.8. The summed E-state index contributed by atoms with van der Waals surface area (Å²) >= 11 is 0. The second kappa shape index (κ2) is 5.83. The molecule has 1 heterocycles. The van der Waals surface area contributed by atoms with Gasteiger partial charge in [-0.3, -0.25) is 0 Å². The van der Waals surface area contributed by atoms with Crippen LogP contribution in [0.5, 0.6) is 5.75 Å². The first kappa shape index (κ1) is 14.9. The van der Waals surface area contributed by atoms with Crippen molar-refractivity contribution in [2.45, 2.75) is 52.1 Å². The SMILES string of the molecule is CCCn1c(C(N)(CC)CC)nc2cc(OC)ccc21. The van der Waals surface area contributed by atoms with Crippen molar-refractivity contribution in [3.8, 4) is 5.75 Å². The van der Waals surface area contributed by atoms with E-state index in [1.54, 1.807) is 7.11 Å². The van der Waals surface area contributed by atoms with E-state index in [1.807, 2.05) is 12.1 Å². The third-order valence-corrected chi connectivity index (χ3v) is 4.11. The van der Waals surface area contributed by atoms with Crippen molar-refractivity contribution in [2.75, 3.05) is 7.11 Å². The zero-order valence-corrected chi connectivity index (χ0v) is 12.9. The Morgan fingerprint density at radius 3 is 2.50 bits per heavy atom. The van der Waals surface area contributed by atoms with Crippen molar-refractivity contribution in [3.63, 3.8) is 0 Å². The Kier molecular flexibility index (Phi) is 4.33. The Morgan fingerprint density at radius 2 is 1.95 bits per heavy atom. The molecule has 2 aromatic rings. The van der Waals surface area contributed by atoms with E-state index in [2.05, 4.69) is 31.4 Å². The van der Waals surface area contributed by atoms with Crippen molar-refractivity contribution in [1.29, 1.82) is 0 Å². The second-order valence-electron chi connectivity index (χ2n) is 5.30. The van der Waals surface area contributed by atoms with Crippen LogP contribution in [-0.4, -0.2) is 16.7 Å². The second-order valence-corrected chi connectivity index (χ2v) is 5.30. The molecular weight excluding hydrogens is 250 g/mol. The molecule has 0 bridgehead atoms. The van der Waals surface area contributed by atoms with E-state index in [-0.39, 0.29) is 5.54 Å². The van der Waals surface area contributed by atoms with E-state index in [0.29, 0.717) is 0 Å². The fourth-order valence-corrected chi connectivity index (χ4v) is 2.63. The van der Waals surface area contributed by atoms with Crippen LogP contribution in [0.2, 0.25) is 0 Å². The predicted octanol–water partition coefficient (Wildman–Crippen LogP) is 3.43. The summed E-state index contributed by atoms with van der Waals surface area (Å²) < 4.78 is 7.55. The first-order valence-corrected chi connectivity index (χ1v) is 7.43. The van der Waals surface area contributed by atoms with Crippen LogP contribution in [0.3, 0.4) is 0 Å². The summed E-state index contributed by atoms with van der Waals surface area (Å²) in [5, 5.41) is 0. The number of imidazole rings is 1. The molecule has 1 aromatic carbocycles. The number of ether oxygens (including phenoxy) is 1. The minimum absolute atomic E-state index is 0.360. The summed E-state index contributed by atoms with van der Waals surface area (Å²) in [6.45, 7) is 7.37. The molecule has 0 saturated heterocycles. The molecule has 2 rings (SSSR count). The molecule has 0 aliphatic rings. The van der Waals surface area contributed by atoms with Gasteiger partial charge >= 0.3 is 0 Å². The van der Waals surface area contributed by atoms with Crippen LogP contribution in [0.4, 0.5) is 0 Å². The highest BCUT2D eigenvalue weighted by Crippen LogP contribution is 2.30. The van der Waals surface area contributed by atoms with Crippen LogP contribution in [0.15, 0.2) is 18.2 Å². The molecule has 0 fully saturated rings. The molecule has 0 spiro atoms. The Labute approximate surface area is 120 Å². The Morgan fingerprint density at radius 1 is 1.25 bits per heavy atom. The third-order valence-electron chi connectivity index (χ3n) is 4.11. The van der Waals surface area contributed by atoms with Crippen molar-refractivity contribution in [3.05, 3.63) is 24.0 Å². The monoisotopic (exact) mass is 275 g/mol. The summed E-state index contributed by atoms with van der Waals surface area (Å²) in [6.07, 6.45) is 2.83. The van der Waals surface area contributed by atoms with Gasteiger partial charge in [-0.1, -0.05) is 20.8 Å². The van der Waals surface area contributed by atoms with Gasteiger partial charge in [0.1, 0.15) is 11.6 Å². The standard InChI is InChI=1S/C16H25N3O/c1-5-10-19-14-9-8-12(20-4)11-13(14)18-15(19)16(17,6-2)7-3/h8-9,11H,5-7,10,17H2,1-4H3. The summed E-state index contributed by atoms with van der Waals surface area (Å²) in [5.41, 5.74) is 8.31. The maximum absolute atomic E-state index is 6.57. The third kappa shape index (κ3) is 2.40. The van der Waals surface area contributed by atoms with Crippen LogP contribution < -0.4 is 10.5 Å². The van der Waals surface area contributed by atoms with Crippen molar-refractivity contribution in [1.82, 2.24) is 9.55 Å². The number of methoxy groups -OCH3 is 1. The summed E-state index contributed by atoms with van der Waals surface area (Å²) in [5.74, 6) is 1.83. The minimum atomic E-state index is -0.360. The lowest BCUT2D eigenvalue weighted by atomic mass is 9.93. The largest absolute Gasteiger partial charge is 0.497 e. The molecule has 0 radical (unpaired) electrons. The maximum Gasteiger partial charge on any atom is 0.130 e. The highest BCUT2D eigenvalue weighted by Gasteiger charge is 2.29. The fourth-order valence-electron chi connectivity index (χ4n) is 2.63. The number of fused-ring (bicyclic) bond motifs is 1. The van der Waals surface area contributed by atoms with E-state index in [4.69, 9.17) is 15.5 Å². The lowest BCUT2D eigenvalue weighted by molar-refractivity contribution is 0.370. The van der Waals surface area contributed by atoms with Gasteiger partial charge in [-0.05, 0) is 31.4 Å². The molecule has 0 amide bonds. The van der Waals surface area contributed by atoms with E-state index < -0.39 is 0 Å². The lowest BCUT2D eigenvalue weighted by Gasteiger charge is -2.27. The number of aromatic nitrogens is 2. The van der Waals surface area contributed by atoms with Gasteiger partial charge in [0, 0.05) is 12.6 Å². The first-order valence-electron chi connectivity index (χ1n) is 7.43. The van der Waals surface area contributed by atoms with Crippen LogP contribution in [0, 0.1) is 0 Å². The van der Waals surface area contributed by atoms with E-state index >= 15 is 0 Å². The Hall–Kier alpha value is -1.55. The van der Waals surface area contributed by atoms with Gasteiger partial charge in [0.25, 0.3) is 0 Å². The molecule has 4 heteroatoms. The number of nitrogens with two attached hydrogens (primary N) is 1. The van der Waals surface area contributed by atoms with E-state index in [1.165, 1.54) is 0 Å². The molecule has 0 aliphatic carbocycles. The average molecular weight is 275 g/mol. The number of benzene rings is 1. The van der Waals surface area contributed by atoms with E-state index in [9.17, 15) is 0 Å². The molecular formula is C16H25N3O. The van der Waals surface area contributed by atoms with Gasteiger partial charge in [-0.15, -0.1) is 0 Å². The smallest absolute Gasteiger partial charge is 0.130 e. The minimum Gasteiger partial charge on any atom is -0.497 e. The molecule has 0 atom stereocenters. The number of hydrogen-bond acceptors (Lipinski definition) is 3. The summed E-state index contributed by atoms with van der Waals surface area (Å²) in [4.78, 5) is 4.81. The molecule has 110 valence electrons. The highest BCUT2D eigenvalue weighted by molar-refractivity contribution is 5.78. The van der Waals surface area contributed by atoms with Gasteiger partial charge in [-0.2, -0.15) is 0 Å². The van der Waals surface area contributed by atoms with Gasteiger partial charge in [0.05, 0.1) is 23.7 Å². The van der Waals surface area contributed by atoms with Crippen LogP contribution >= 0.6 is 0 Å². The maximum atomic E-state index is 6.57. The summed E-state index contributed by atoms with van der Waals surface area (Å²) in [6, 6.07) is 6.04. The van der Waals surface area contributed by atoms with Crippen molar-refractivity contribution < 1.29 is 4.74 Å². The predicted molar refractivity (Wildman–Crippen MR) is 83.0 cm³/mol. The van der Waals surface area contributed by atoms with Gasteiger partial charge in [-0.25, -0.2) is 4.98 Å². The molecule has 20 heavy (non-hydrogen) atoms. The average Bonchev–Trinajstić information content (AvgIpc) is 2.85. The first-order chi connectivity index (χ1) is 9.59. The molecule has 2 N–H and O–H groups in total. The zero-order valence-electron chi connectivity index (χ0n) is 12.9. The molecule has 0 unspecified atom stereocenters. The molecule has 1 aromatic heterocycles. The van der Waals surface area contributed by atoms with Crippen LogP contribution in [0.1, 0.15) is 45.9 Å². The Balaban J connectivity index is 2.66. The topological polar surface area (TPSA) is 53.1 Å². The molecule has 4 nitrogen and oxygen atoms in total. The fraction of sp³-hybridized carbons (Fsp3) is 0.562. The van der Waals surface area contributed by atoms with Crippen molar-refractivity contribution in [2.24, 2.45) is 5.73 Å². The molecule has 0 saturated carbocycles. The number of rotatable bonds is 6. The van der Waals surface area contributed by atoms with Gasteiger partial charge < -0.3 is 15.0 Å². The number of aryl methyl sites for hydroxylation is 1. The molecule has 0 aliphatic heterocycles. The van der Waals surface area contributed by atoms with Crippen LogP contribution in [-0.2, 0) is 12.1 Å². The van der Waals surface area contributed by atoms with Gasteiger partial charge in [0.15, 0.2) is 0 Å². The summed E-state index contributed by atoms with van der Waals surface area (Å²) in [7, 11) is 1.68. The normalized spacial score (nSPS) is 12.1. The van der Waals surface area contributed by atoms with Crippen LogP contribution in [0.25, 0.3) is 11.0 Å². The van der Waals surface area contributed by atoms with Crippen molar-refractivity contribution >= 4 is 11.0 Å². The lowest BCUT2D eigenvalue weighted by Crippen LogP contribution is -2.38. The van der Waals surface area contributed by atoms with Gasteiger partial charge in [0.2, 0.25) is 0 Å². The highest BCUT2D eigenvalue weighted by atomic mass is 16.5. The van der Waals surface area contributed by atoms with E-state index in [0.717, 1.165) is 48.4 Å². The number of nitrogens with zero attached hydrogens (tertiary/aromatic N) is 2. The quantitative estimate of drug-likeness (QED) is 0.878. The number of hydrogen-bond donors (Lipinski definition) is 1.